The van der Waals surface area contributed by atoms with Crippen molar-refractivity contribution in [1.29, 1.82) is 0 Å². The number of benzene rings is 2. The van der Waals surface area contributed by atoms with Gasteiger partial charge in [-0.25, -0.2) is 0 Å². The molecule has 0 aromatic heterocycles. The Labute approximate surface area is 154 Å². The molecular weight excluding hydrogens is 330 g/mol. The number of ether oxygens (including phenoxy) is 1. The number of nitro groups is 1. The molecule has 2 aromatic rings. The van der Waals surface area contributed by atoms with E-state index in [0.29, 0.717) is 6.73 Å². The van der Waals surface area contributed by atoms with E-state index >= 15 is 0 Å². The lowest BCUT2D eigenvalue weighted by atomic mass is 10.1. The smallest absolute Gasteiger partial charge is 0.269 e. The summed E-state index contributed by atoms with van der Waals surface area (Å²) in [5, 5.41) is 10.8. The molecule has 0 aliphatic carbocycles. The van der Waals surface area contributed by atoms with Crippen LogP contribution in [0.3, 0.4) is 0 Å². The van der Waals surface area contributed by atoms with Crippen LogP contribution in [-0.2, 0) is 17.8 Å². The lowest BCUT2D eigenvalue weighted by Gasteiger charge is -2.33. The van der Waals surface area contributed by atoms with Crippen LogP contribution in [0.4, 0.5) is 5.69 Å². The molecule has 0 bridgehead atoms. The van der Waals surface area contributed by atoms with E-state index in [1.807, 2.05) is 30.3 Å². The van der Waals surface area contributed by atoms with Crippen LogP contribution < -0.4 is 0 Å². The molecule has 0 amide bonds. The van der Waals surface area contributed by atoms with Crippen molar-refractivity contribution in [2.45, 2.75) is 25.6 Å². The van der Waals surface area contributed by atoms with Crippen molar-refractivity contribution in [3.63, 3.8) is 0 Å². The summed E-state index contributed by atoms with van der Waals surface area (Å²) in [4.78, 5) is 15.0. The van der Waals surface area contributed by atoms with Crippen molar-refractivity contribution >= 4 is 5.69 Å². The molecule has 1 atom stereocenters. The molecular formula is C20H25N3O3. The van der Waals surface area contributed by atoms with Gasteiger partial charge in [-0.3, -0.25) is 19.9 Å². The molecule has 26 heavy (non-hydrogen) atoms. The lowest BCUT2D eigenvalue weighted by Crippen LogP contribution is -2.41. The molecule has 6 nitrogen and oxygen atoms in total. The SMILES string of the molecule is CN1CC[C@@H](CN(Cc2ccccc2)Cc2ccc([N+](=O)[O-])cc2)OC1. The first-order valence-corrected chi connectivity index (χ1v) is 8.90. The highest BCUT2D eigenvalue weighted by atomic mass is 16.6. The largest absolute Gasteiger partial charge is 0.361 e. The maximum atomic E-state index is 10.8. The molecule has 1 heterocycles. The number of hydrogen-bond acceptors (Lipinski definition) is 5. The van der Waals surface area contributed by atoms with Gasteiger partial charge in [-0.2, -0.15) is 0 Å². The van der Waals surface area contributed by atoms with Gasteiger partial charge < -0.3 is 4.74 Å². The quantitative estimate of drug-likeness (QED) is 0.563. The van der Waals surface area contributed by atoms with E-state index in [0.717, 1.165) is 38.2 Å². The van der Waals surface area contributed by atoms with Crippen molar-refractivity contribution in [1.82, 2.24) is 9.80 Å². The van der Waals surface area contributed by atoms with E-state index in [1.165, 1.54) is 5.56 Å². The number of hydrogen-bond donors (Lipinski definition) is 0. The molecule has 1 fully saturated rings. The number of non-ortho nitro benzene ring substituents is 1. The molecule has 0 saturated carbocycles. The van der Waals surface area contributed by atoms with Crippen molar-refractivity contribution in [2.24, 2.45) is 0 Å². The van der Waals surface area contributed by atoms with Crippen LogP contribution in [0.1, 0.15) is 17.5 Å². The summed E-state index contributed by atoms with van der Waals surface area (Å²) in [5.74, 6) is 0. The van der Waals surface area contributed by atoms with Crippen LogP contribution in [0.15, 0.2) is 54.6 Å². The van der Waals surface area contributed by atoms with Gasteiger partial charge in [0.05, 0.1) is 17.8 Å². The standard InChI is InChI=1S/C20H25N3O3/c1-21-12-11-20(26-16-21)15-22(13-17-5-3-2-4-6-17)14-18-7-9-19(10-8-18)23(24)25/h2-10,20H,11-16H2,1H3/t20-/m0/s1. The minimum absolute atomic E-state index is 0.127. The third kappa shape index (κ3) is 5.36. The van der Waals surface area contributed by atoms with Gasteiger partial charge >= 0.3 is 0 Å². The molecule has 138 valence electrons. The van der Waals surface area contributed by atoms with Crippen LogP contribution in [0.25, 0.3) is 0 Å². The highest BCUT2D eigenvalue weighted by Crippen LogP contribution is 2.17. The van der Waals surface area contributed by atoms with E-state index in [2.05, 4.69) is 29.0 Å². The Balaban J connectivity index is 1.68. The van der Waals surface area contributed by atoms with E-state index in [4.69, 9.17) is 4.74 Å². The van der Waals surface area contributed by atoms with Crippen molar-refractivity contribution in [3.05, 3.63) is 75.8 Å². The lowest BCUT2D eigenvalue weighted by molar-refractivity contribution is -0.384. The average molecular weight is 355 g/mol. The van der Waals surface area contributed by atoms with Gasteiger partial charge in [-0.05, 0) is 24.6 Å². The maximum absolute atomic E-state index is 10.8. The first-order chi connectivity index (χ1) is 12.6. The second-order valence-corrected chi connectivity index (χ2v) is 6.86. The second-order valence-electron chi connectivity index (χ2n) is 6.86. The highest BCUT2D eigenvalue weighted by Gasteiger charge is 2.20. The Hall–Kier alpha value is -2.28. The van der Waals surface area contributed by atoms with Crippen molar-refractivity contribution in [2.75, 3.05) is 26.9 Å². The molecule has 1 aliphatic rings. The minimum Gasteiger partial charge on any atom is -0.361 e. The summed E-state index contributed by atoms with van der Waals surface area (Å²) in [6, 6.07) is 17.2. The monoisotopic (exact) mass is 355 g/mol. The fraction of sp³-hybridized carbons (Fsp3) is 0.400. The molecule has 0 spiro atoms. The Morgan fingerprint density at radius 2 is 1.77 bits per heavy atom. The molecule has 1 aliphatic heterocycles. The zero-order valence-electron chi connectivity index (χ0n) is 15.1. The van der Waals surface area contributed by atoms with Gasteiger partial charge in [-0.1, -0.05) is 42.5 Å². The summed E-state index contributed by atoms with van der Waals surface area (Å²) in [6.07, 6.45) is 1.23. The molecule has 1 saturated heterocycles. The first-order valence-electron chi connectivity index (χ1n) is 8.90. The van der Waals surface area contributed by atoms with Gasteiger partial charge in [0.2, 0.25) is 0 Å². The first kappa shape index (κ1) is 18.5. The summed E-state index contributed by atoms with van der Waals surface area (Å²) >= 11 is 0. The van der Waals surface area contributed by atoms with Crippen molar-refractivity contribution in [3.8, 4) is 0 Å². The fourth-order valence-corrected chi connectivity index (χ4v) is 3.18. The number of rotatable bonds is 7. The van der Waals surface area contributed by atoms with Crippen LogP contribution in [0.5, 0.6) is 0 Å². The maximum Gasteiger partial charge on any atom is 0.269 e. The summed E-state index contributed by atoms with van der Waals surface area (Å²) in [6.45, 7) is 4.12. The Bertz CT molecular complexity index is 698. The second kappa shape index (κ2) is 8.89. The number of nitrogens with zero attached hydrogens (tertiary/aromatic N) is 3. The van der Waals surface area contributed by atoms with E-state index in [1.54, 1.807) is 12.1 Å². The fourth-order valence-electron chi connectivity index (χ4n) is 3.18. The predicted octanol–water partition coefficient (Wildman–Crippen LogP) is 3.28. The zero-order chi connectivity index (χ0) is 18.4. The molecule has 2 aromatic carbocycles. The van der Waals surface area contributed by atoms with Gasteiger partial charge in [0.25, 0.3) is 5.69 Å². The van der Waals surface area contributed by atoms with E-state index in [9.17, 15) is 10.1 Å². The summed E-state index contributed by atoms with van der Waals surface area (Å²) < 4.78 is 5.94. The predicted molar refractivity (Wildman–Crippen MR) is 101 cm³/mol. The van der Waals surface area contributed by atoms with Gasteiger partial charge in [0, 0.05) is 38.3 Å². The van der Waals surface area contributed by atoms with Gasteiger partial charge in [0.15, 0.2) is 0 Å². The van der Waals surface area contributed by atoms with Crippen LogP contribution in [0.2, 0.25) is 0 Å². The summed E-state index contributed by atoms with van der Waals surface area (Å²) in [5.41, 5.74) is 2.45. The Morgan fingerprint density at radius 1 is 1.12 bits per heavy atom. The van der Waals surface area contributed by atoms with Crippen LogP contribution in [0, 0.1) is 10.1 Å². The van der Waals surface area contributed by atoms with Gasteiger partial charge in [-0.15, -0.1) is 0 Å². The van der Waals surface area contributed by atoms with Gasteiger partial charge in [0.1, 0.15) is 0 Å². The molecule has 6 heteroatoms. The third-order valence-electron chi connectivity index (χ3n) is 4.63. The number of nitro benzene ring substituents is 1. The molecule has 0 N–H and O–H groups in total. The van der Waals surface area contributed by atoms with E-state index in [-0.39, 0.29) is 16.7 Å². The zero-order valence-corrected chi connectivity index (χ0v) is 15.1. The third-order valence-corrected chi connectivity index (χ3v) is 4.63. The van der Waals surface area contributed by atoms with E-state index < -0.39 is 0 Å². The van der Waals surface area contributed by atoms with Crippen LogP contribution in [-0.4, -0.2) is 47.7 Å². The summed E-state index contributed by atoms with van der Waals surface area (Å²) in [7, 11) is 2.06. The topological polar surface area (TPSA) is 58.9 Å². The molecule has 3 rings (SSSR count). The normalized spacial score (nSPS) is 18.2. The molecule has 0 unspecified atom stereocenters. The van der Waals surface area contributed by atoms with Crippen molar-refractivity contribution < 1.29 is 9.66 Å². The minimum atomic E-state index is -0.363. The molecule has 0 radical (unpaired) electrons. The Kier molecular flexibility index (Phi) is 6.33. The van der Waals surface area contributed by atoms with Crippen LogP contribution >= 0.6 is 0 Å². The highest BCUT2D eigenvalue weighted by molar-refractivity contribution is 5.32. The Morgan fingerprint density at radius 3 is 2.35 bits per heavy atom. The average Bonchev–Trinajstić information content (AvgIpc) is 2.65.